The molecule has 0 fully saturated rings. The zero-order chi connectivity index (χ0) is 11.0. The summed E-state index contributed by atoms with van der Waals surface area (Å²) in [5.74, 6) is 0.789. The van der Waals surface area contributed by atoms with Crippen LogP contribution in [0.15, 0.2) is 24.4 Å². The monoisotopic (exact) mass is 231 g/mol. The van der Waals surface area contributed by atoms with E-state index in [1.165, 1.54) is 11.5 Å². The number of hydrogen-bond acceptors (Lipinski definition) is 5. The smallest absolute Gasteiger partial charge is 0.207 e. The van der Waals surface area contributed by atoms with Gasteiger partial charge in [-0.25, -0.2) is 4.98 Å². The Balaban J connectivity index is 1.94. The topological polar surface area (TPSA) is 66.5 Å². The van der Waals surface area contributed by atoms with Crippen molar-refractivity contribution < 1.29 is 0 Å². The van der Waals surface area contributed by atoms with Gasteiger partial charge in [-0.2, -0.15) is 9.47 Å². The molecule has 2 N–H and O–H groups in total. The second-order valence-electron chi connectivity index (χ2n) is 3.44. The standard InChI is InChI=1S/C10H9N5S/c1-6-12-10(16-15-6)13-8-2-3-9-7(4-8)5-11-14-9/h2-5H,1H3,(H,11,14)(H,12,13,15). The molecular weight excluding hydrogens is 222 g/mol. The van der Waals surface area contributed by atoms with Crippen molar-refractivity contribution in [3.8, 4) is 0 Å². The number of rotatable bonds is 2. The van der Waals surface area contributed by atoms with E-state index in [-0.39, 0.29) is 0 Å². The summed E-state index contributed by atoms with van der Waals surface area (Å²) in [6.07, 6.45) is 1.80. The van der Waals surface area contributed by atoms with Crippen molar-refractivity contribution in [3.63, 3.8) is 0 Å². The fourth-order valence-corrected chi connectivity index (χ4v) is 2.09. The number of hydrogen-bond donors (Lipinski definition) is 2. The van der Waals surface area contributed by atoms with Crippen molar-refractivity contribution >= 4 is 33.3 Å². The third kappa shape index (κ3) is 1.63. The summed E-state index contributed by atoms with van der Waals surface area (Å²) < 4.78 is 4.11. The molecule has 0 saturated carbocycles. The molecule has 0 aliphatic rings. The molecule has 0 saturated heterocycles. The van der Waals surface area contributed by atoms with Crippen LogP contribution in [0.25, 0.3) is 10.9 Å². The molecular formula is C10H9N5S. The van der Waals surface area contributed by atoms with E-state index >= 15 is 0 Å². The molecule has 2 heterocycles. The fourth-order valence-electron chi connectivity index (χ4n) is 1.49. The van der Waals surface area contributed by atoms with E-state index in [1.807, 2.05) is 25.1 Å². The van der Waals surface area contributed by atoms with Crippen molar-refractivity contribution in [2.24, 2.45) is 0 Å². The van der Waals surface area contributed by atoms with E-state index in [9.17, 15) is 0 Å². The Labute approximate surface area is 95.7 Å². The first-order chi connectivity index (χ1) is 7.81. The van der Waals surface area contributed by atoms with Gasteiger partial charge in [0.2, 0.25) is 5.13 Å². The molecule has 3 aromatic rings. The van der Waals surface area contributed by atoms with E-state index in [4.69, 9.17) is 0 Å². The number of aryl methyl sites for hydroxylation is 1. The van der Waals surface area contributed by atoms with Crippen LogP contribution in [0.5, 0.6) is 0 Å². The normalized spacial score (nSPS) is 10.8. The zero-order valence-corrected chi connectivity index (χ0v) is 9.38. The molecule has 6 heteroatoms. The van der Waals surface area contributed by atoms with Crippen molar-refractivity contribution in [1.82, 2.24) is 19.6 Å². The summed E-state index contributed by atoms with van der Waals surface area (Å²) in [4.78, 5) is 4.25. The minimum atomic E-state index is 0.789. The first kappa shape index (κ1) is 9.29. The third-order valence-corrected chi connectivity index (χ3v) is 2.94. The van der Waals surface area contributed by atoms with Crippen LogP contribution >= 0.6 is 11.5 Å². The van der Waals surface area contributed by atoms with Gasteiger partial charge in [0.25, 0.3) is 0 Å². The summed E-state index contributed by atoms with van der Waals surface area (Å²) in [7, 11) is 0. The molecule has 80 valence electrons. The van der Waals surface area contributed by atoms with Crippen molar-refractivity contribution in [3.05, 3.63) is 30.2 Å². The first-order valence-electron chi connectivity index (χ1n) is 4.82. The number of H-pyrrole nitrogens is 1. The molecule has 0 bridgehead atoms. The van der Waals surface area contributed by atoms with Crippen LogP contribution < -0.4 is 5.32 Å². The summed E-state index contributed by atoms with van der Waals surface area (Å²) in [5.41, 5.74) is 2.02. The molecule has 5 nitrogen and oxygen atoms in total. The second-order valence-corrected chi connectivity index (χ2v) is 4.20. The molecule has 0 atom stereocenters. The van der Waals surface area contributed by atoms with Gasteiger partial charge < -0.3 is 5.32 Å². The predicted molar refractivity (Wildman–Crippen MR) is 64.0 cm³/mol. The van der Waals surface area contributed by atoms with Crippen molar-refractivity contribution in [2.75, 3.05) is 5.32 Å². The number of benzene rings is 1. The molecule has 0 spiro atoms. The van der Waals surface area contributed by atoms with Gasteiger partial charge in [-0.3, -0.25) is 5.10 Å². The highest BCUT2D eigenvalue weighted by molar-refractivity contribution is 7.09. The second kappa shape index (κ2) is 3.57. The van der Waals surface area contributed by atoms with E-state index in [2.05, 4.69) is 24.9 Å². The van der Waals surface area contributed by atoms with Gasteiger partial charge >= 0.3 is 0 Å². The summed E-state index contributed by atoms with van der Waals surface area (Å²) in [6, 6.07) is 5.99. The molecule has 0 unspecified atom stereocenters. The lowest BCUT2D eigenvalue weighted by atomic mass is 10.2. The lowest BCUT2D eigenvalue weighted by Crippen LogP contribution is -1.88. The number of anilines is 2. The number of aromatic nitrogens is 4. The van der Waals surface area contributed by atoms with Crippen LogP contribution in [0.3, 0.4) is 0 Å². The maximum absolute atomic E-state index is 4.25. The number of nitrogens with one attached hydrogen (secondary N) is 2. The molecule has 2 aromatic heterocycles. The first-order valence-corrected chi connectivity index (χ1v) is 5.59. The molecule has 1 aromatic carbocycles. The molecule has 0 radical (unpaired) electrons. The Bertz CT molecular complexity index is 627. The van der Waals surface area contributed by atoms with Gasteiger partial charge in [-0.15, -0.1) is 0 Å². The van der Waals surface area contributed by atoms with Gasteiger partial charge in [-0.1, -0.05) is 0 Å². The fraction of sp³-hybridized carbons (Fsp3) is 0.100. The van der Waals surface area contributed by atoms with E-state index in [0.717, 1.165) is 27.5 Å². The Morgan fingerprint density at radius 2 is 2.31 bits per heavy atom. The minimum absolute atomic E-state index is 0.789. The Kier molecular flexibility index (Phi) is 2.07. The van der Waals surface area contributed by atoms with Crippen molar-refractivity contribution in [2.45, 2.75) is 6.92 Å². The van der Waals surface area contributed by atoms with Crippen LogP contribution in [0.1, 0.15) is 5.82 Å². The molecule has 0 aliphatic carbocycles. The molecule has 16 heavy (non-hydrogen) atoms. The molecule has 0 amide bonds. The zero-order valence-electron chi connectivity index (χ0n) is 8.56. The highest BCUT2D eigenvalue weighted by Crippen LogP contribution is 2.21. The third-order valence-electron chi connectivity index (χ3n) is 2.22. The summed E-state index contributed by atoms with van der Waals surface area (Å²) >= 11 is 1.36. The number of fused-ring (bicyclic) bond motifs is 1. The summed E-state index contributed by atoms with van der Waals surface area (Å²) in [5, 5.41) is 12.0. The molecule has 3 rings (SSSR count). The van der Waals surface area contributed by atoms with Crippen LogP contribution in [0.2, 0.25) is 0 Å². The molecule has 0 aliphatic heterocycles. The van der Waals surface area contributed by atoms with E-state index in [0.29, 0.717) is 0 Å². The van der Waals surface area contributed by atoms with E-state index in [1.54, 1.807) is 6.20 Å². The number of aromatic amines is 1. The quantitative estimate of drug-likeness (QED) is 0.711. The lowest BCUT2D eigenvalue weighted by Gasteiger charge is -2.00. The van der Waals surface area contributed by atoms with Gasteiger partial charge in [0.15, 0.2) is 0 Å². The maximum Gasteiger partial charge on any atom is 0.207 e. The van der Waals surface area contributed by atoms with Crippen LogP contribution in [-0.4, -0.2) is 19.6 Å². The SMILES string of the molecule is Cc1nsc(Nc2ccc3[nH]ncc3c2)n1. The average molecular weight is 231 g/mol. The van der Waals surface area contributed by atoms with Gasteiger partial charge in [-0.05, 0) is 25.1 Å². The summed E-state index contributed by atoms with van der Waals surface area (Å²) in [6.45, 7) is 1.88. The van der Waals surface area contributed by atoms with Crippen LogP contribution in [0, 0.1) is 6.92 Å². The largest absolute Gasteiger partial charge is 0.330 e. The Hall–Kier alpha value is -1.95. The van der Waals surface area contributed by atoms with Gasteiger partial charge in [0, 0.05) is 22.6 Å². The Morgan fingerprint density at radius 3 is 3.12 bits per heavy atom. The minimum Gasteiger partial charge on any atom is -0.330 e. The highest BCUT2D eigenvalue weighted by atomic mass is 32.1. The lowest BCUT2D eigenvalue weighted by molar-refractivity contribution is 1.12. The van der Waals surface area contributed by atoms with Crippen LogP contribution in [-0.2, 0) is 0 Å². The van der Waals surface area contributed by atoms with Gasteiger partial charge in [0.1, 0.15) is 5.82 Å². The Morgan fingerprint density at radius 1 is 1.38 bits per heavy atom. The van der Waals surface area contributed by atoms with Crippen LogP contribution in [0.4, 0.5) is 10.8 Å². The predicted octanol–water partition coefficient (Wildman–Crippen LogP) is 2.47. The number of nitrogens with zero attached hydrogens (tertiary/aromatic N) is 3. The van der Waals surface area contributed by atoms with Crippen molar-refractivity contribution in [1.29, 1.82) is 0 Å². The van der Waals surface area contributed by atoms with E-state index < -0.39 is 0 Å². The average Bonchev–Trinajstić information content (AvgIpc) is 2.87. The highest BCUT2D eigenvalue weighted by Gasteiger charge is 2.02. The van der Waals surface area contributed by atoms with Gasteiger partial charge in [0.05, 0.1) is 11.7 Å². The maximum atomic E-state index is 4.25.